The largest absolute Gasteiger partial charge is 0.466 e. The molecule has 0 aromatic carbocycles. The van der Waals surface area contributed by atoms with Gasteiger partial charge in [-0.25, -0.2) is 4.57 Å². The van der Waals surface area contributed by atoms with Gasteiger partial charge in [-0.05, 0) is 36.6 Å². The second kappa shape index (κ2) is 5.78. The molecule has 0 aliphatic heterocycles. The lowest BCUT2D eigenvalue weighted by atomic mass is 9.63. The summed E-state index contributed by atoms with van der Waals surface area (Å²) >= 11 is 0. The summed E-state index contributed by atoms with van der Waals surface area (Å²) in [5.74, 6) is 0. The number of hydrogen-bond donors (Lipinski definition) is 5. The van der Waals surface area contributed by atoms with Crippen LogP contribution in [0, 0.1) is 10.8 Å². The lowest BCUT2D eigenvalue weighted by molar-refractivity contribution is 0.0904. The van der Waals surface area contributed by atoms with Crippen LogP contribution in [0.15, 0.2) is 0 Å². The number of hydrogen-bond acceptors (Lipinski definition) is 3. The van der Waals surface area contributed by atoms with Crippen molar-refractivity contribution in [2.24, 2.45) is 22.3 Å². The van der Waals surface area contributed by atoms with Crippen molar-refractivity contribution in [1.29, 1.82) is 0 Å². The van der Waals surface area contributed by atoms with E-state index >= 15 is 0 Å². The fourth-order valence-corrected chi connectivity index (χ4v) is 2.87. The van der Waals surface area contributed by atoms with Crippen molar-refractivity contribution in [3.05, 3.63) is 0 Å². The predicted molar refractivity (Wildman–Crippen MR) is 67.0 cm³/mol. The van der Waals surface area contributed by atoms with Crippen LogP contribution < -0.4 is 11.5 Å². The fraction of sp³-hybridized carbons (Fsp3) is 1.00. The van der Waals surface area contributed by atoms with Gasteiger partial charge in [0.1, 0.15) is 0 Å². The molecule has 0 amide bonds. The van der Waals surface area contributed by atoms with Gasteiger partial charge >= 0.3 is 7.82 Å². The maximum Gasteiger partial charge on any atom is 0.466 e. The Morgan fingerprint density at radius 3 is 1.94 bits per heavy atom. The maximum atomic E-state index is 8.88. The summed E-state index contributed by atoms with van der Waals surface area (Å²) in [5, 5.41) is 0. The van der Waals surface area contributed by atoms with Gasteiger partial charge in [-0.15, -0.1) is 0 Å². The van der Waals surface area contributed by atoms with Gasteiger partial charge in [0.25, 0.3) is 0 Å². The summed E-state index contributed by atoms with van der Waals surface area (Å²) in [7, 11) is -4.64. The second-order valence-corrected chi connectivity index (χ2v) is 7.06. The van der Waals surface area contributed by atoms with Crippen LogP contribution in [-0.4, -0.2) is 27.3 Å². The molecule has 0 bridgehead atoms. The zero-order chi connectivity index (χ0) is 13.9. The highest BCUT2D eigenvalue weighted by Gasteiger charge is 2.38. The van der Waals surface area contributed by atoms with Crippen LogP contribution >= 0.6 is 7.82 Å². The van der Waals surface area contributed by atoms with Gasteiger partial charge in [-0.1, -0.05) is 20.8 Å². The quantitative estimate of drug-likeness (QED) is 0.442. The molecule has 1 saturated carbocycles. The molecule has 104 valence electrons. The first-order chi connectivity index (χ1) is 7.37. The molecule has 7 N–H and O–H groups in total. The summed E-state index contributed by atoms with van der Waals surface area (Å²) in [6.45, 7) is 7.61. The van der Waals surface area contributed by atoms with Crippen LogP contribution in [0.5, 0.6) is 0 Å². The normalized spacial score (nSPS) is 32.6. The molecular formula is C10H25N2O4P. The van der Waals surface area contributed by atoms with Crippen LogP contribution in [-0.2, 0) is 4.57 Å². The van der Waals surface area contributed by atoms with Crippen molar-refractivity contribution in [2.75, 3.05) is 6.54 Å². The molecule has 1 aliphatic carbocycles. The minimum atomic E-state index is -4.64. The Morgan fingerprint density at radius 2 is 1.65 bits per heavy atom. The van der Waals surface area contributed by atoms with Crippen molar-refractivity contribution in [3.63, 3.8) is 0 Å². The van der Waals surface area contributed by atoms with Crippen molar-refractivity contribution >= 4 is 7.82 Å². The van der Waals surface area contributed by atoms with Gasteiger partial charge in [-0.3, -0.25) is 0 Å². The van der Waals surface area contributed by atoms with Gasteiger partial charge in [0.15, 0.2) is 0 Å². The Balaban J connectivity index is 0.000000437. The second-order valence-electron chi connectivity index (χ2n) is 6.04. The van der Waals surface area contributed by atoms with Crippen LogP contribution in [0.1, 0.15) is 40.0 Å². The first kappa shape index (κ1) is 17.0. The Morgan fingerprint density at radius 1 is 1.24 bits per heavy atom. The zero-order valence-electron chi connectivity index (χ0n) is 10.8. The molecule has 0 radical (unpaired) electrons. The molecule has 17 heavy (non-hydrogen) atoms. The lowest BCUT2D eigenvalue weighted by Gasteiger charge is -2.45. The highest BCUT2D eigenvalue weighted by Crippen LogP contribution is 2.44. The van der Waals surface area contributed by atoms with E-state index in [1.165, 1.54) is 6.42 Å². The predicted octanol–water partition coefficient (Wildman–Crippen LogP) is 0.560. The van der Waals surface area contributed by atoms with E-state index in [2.05, 4.69) is 20.8 Å². The molecule has 0 saturated heterocycles. The molecule has 0 aromatic rings. The number of phosphoric acid groups is 1. The first-order valence-corrected chi connectivity index (χ1v) is 7.17. The third-order valence-corrected chi connectivity index (χ3v) is 2.97. The molecule has 2 unspecified atom stereocenters. The van der Waals surface area contributed by atoms with Gasteiger partial charge in [0, 0.05) is 6.04 Å². The van der Waals surface area contributed by atoms with E-state index in [-0.39, 0.29) is 5.41 Å². The Bertz CT molecular complexity index is 284. The first-order valence-electron chi connectivity index (χ1n) is 5.61. The Kier molecular flexibility index (Phi) is 5.79. The van der Waals surface area contributed by atoms with E-state index in [1.54, 1.807) is 0 Å². The van der Waals surface area contributed by atoms with E-state index in [0.29, 0.717) is 11.5 Å². The summed E-state index contributed by atoms with van der Waals surface area (Å²) in [4.78, 5) is 21.6. The fourth-order valence-electron chi connectivity index (χ4n) is 2.87. The average molecular weight is 268 g/mol. The summed E-state index contributed by atoms with van der Waals surface area (Å²) < 4.78 is 8.88. The molecule has 7 heteroatoms. The van der Waals surface area contributed by atoms with E-state index in [1.807, 2.05) is 0 Å². The number of nitrogens with two attached hydrogens (primary N) is 2. The molecule has 0 spiro atoms. The van der Waals surface area contributed by atoms with E-state index in [4.69, 9.17) is 30.7 Å². The van der Waals surface area contributed by atoms with Crippen LogP contribution in [0.4, 0.5) is 0 Å². The van der Waals surface area contributed by atoms with Crippen LogP contribution in [0.2, 0.25) is 0 Å². The lowest BCUT2D eigenvalue weighted by Crippen LogP contribution is -2.45. The summed E-state index contributed by atoms with van der Waals surface area (Å²) in [6, 6.07) is 0.349. The van der Waals surface area contributed by atoms with E-state index < -0.39 is 7.82 Å². The molecule has 1 fully saturated rings. The van der Waals surface area contributed by atoms with Gasteiger partial charge < -0.3 is 26.1 Å². The van der Waals surface area contributed by atoms with Crippen molar-refractivity contribution in [2.45, 2.75) is 46.1 Å². The Hall–Kier alpha value is 0.0300. The third kappa shape index (κ3) is 8.71. The maximum absolute atomic E-state index is 8.88. The van der Waals surface area contributed by atoms with Crippen molar-refractivity contribution in [3.8, 4) is 0 Å². The third-order valence-electron chi connectivity index (χ3n) is 2.97. The van der Waals surface area contributed by atoms with Crippen LogP contribution in [0.3, 0.4) is 0 Å². The monoisotopic (exact) mass is 268 g/mol. The molecule has 0 aromatic heterocycles. The average Bonchev–Trinajstić information content (AvgIpc) is 1.95. The SMILES string of the molecule is CC1(C)CC(N)CC(C)(CN)C1.O=P(O)(O)O. The molecule has 1 aliphatic rings. The van der Waals surface area contributed by atoms with Gasteiger partial charge in [-0.2, -0.15) is 0 Å². The van der Waals surface area contributed by atoms with E-state index in [9.17, 15) is 0 Å². The number of rotatable bonds is 1. The topological polar surface area (TPSA) is 130 Å². The van der Waals surface area contributed by atoms with Crippen molar-refractivity contribution in [1.82, 2.24) is 0 Å². The highest BCUT2D eigenvalue weighted by atomic mass is 31.2. The minimum Gasteiger partial charge on any atom is -0.330 e. The highest BCUT2D eigenvalue weighted by molar-refractivity contribution is 7.45. The Labute approximate surface area is 103 Å². The molecule has 0 heterocycles. The summed E-state index contributed by atoms with van der Waals surface area (Å²) in [6.07, 6.45) is 3.44. The minimum absolute atomic E-state index is 0.279. The van der Waals surface area contributed by atoms with E-state index in [0.717, 1.165) is 19.4 Å². The molecule has 2 atom stereocenters. The molecule has 6 nitrogen and oxygen atoms in total. The zero-order valence-corrected chi connectivity index (χ0v) is 11.7. The standard InChI is InChI=1S/C10H22N2.H3O4P/c1-9(2)4-8(12)5-10(3,6-9)7-11;1-5(2,3)4/h8H,4-7,11-12H2,1-3H3;(H3,1,2,3,4). The van der Waals surface area contributed by atoms with Gasteiger partial charge in [0.2, 0.25) is 0 Å². The summed E-state index contributed by atoms with van der Waals surface area (Å²) in [5.41, 5.74) is 12.4. The molecular weight excluding hydrogens is 243 g/mol. The van der Waals surface area contributed by atoms with Gasteiger partial charge in [0.05, 0.1) is 0 Å². The van der Waals surface area contributed by atoms with Crippen molar-refractivity contribution < 1.29 is 19.2 Å². The van der Waals surface area contributed by atoms with Crippen LogP contribution in [0.25, 0.3) is 0 Å². The molecule has 1 rings (SSSR count). The smallest absolute Gasteiger partial charge is 0.330 e.